The van der Waals surface area contributed by atoms with Gasteiger partial charge in [0.2, 0.25) is 0 Å². The Labute approximate surface area is 62.0 Å². The Morgan fingerprint density at radius 3 is 1.80 bits per heavy atom. The summed E-state index contributed by atoms with van der Waals surface area (Å²) in [6, 6.07) is 0. The maximum atomic E-state index is 7.57. The molecule has 0 aliphatic heterocycles. The monoisotopic (exact) mass is 102 g/mol. The zero-order chi connectivity index (χ0) is 2.71. The van der Waals surface area contributed by atoms with E-state index in [-0.39, 0.29) is 49.9 Å². The van der Waals surface area contributed by atoms with Crippen molar-refractivity contribution in [2.24, 2.45) is 0 Å². The van der Waals surface area contributed by atoms with Crippen LogP contribution in [0.5, 0.6) is 0 Å². The third-order valence-corrected chi connectivity index (χ3v) is 0. The third kappa shape index (κ3) is 35.2. The molecule has 0 aromatic carbocycles. The molecule has 0 amide bonds. The van der Waals surface area contributed by atoms with Crippen LogP contribution in [0.2, 0.25) is 0 Å². The summed E-state index contributed by atoms with van der Waals surface area (Å²) >= 11 is 0. The molecular formula is C2H11AlMgO. The molecule has 0 atom stereocenters. The molecule has 0 radical (unpaired) electrons. The van der Waals surface area contributed by atoms with Gasteiger partial charge in [-0.3, -0.25) is 0 Å². The van der Waals surface area contributed by atoms with Crippen LogP contribution in [-0.4, -0.2) is 52.1 Å². The van der Waals surface area contributed by atoms with Gasteiger partial charge in [-0.05, 0) is 6.92 Å². The van der Waals surface area contributed by atoms with Gasteiger partial charge < -0.3 is 7.96 Å². The molecule has 0 unspecified atom stereocenters. The summed E-state index contributed by atoms with van der Waals surface area (Å²) in [5.74, 6) is 0. The predicted octanol–water partition coefficient (Wildman–Crippen LogP) is -1.34. The molecule has 1 nitrogen and oxygen atoms in total. The van der Waals surface area contributed by atoms with E-state index in [0.29, 0.717) is 0 Å². The van der Waals surface area contributed by atoms with Crippen LogP contribution in [0.15, 0.2) is 0 Å². The molecule has 0 heterocycles. The number of rotatable bonds is 0. The van der Waals surface area contributed by atoms with Crippen molar-refractivity contribution in [1.82, 2.24) is 0 Å². The molecule has 0 saturated heterocycles. The quantitative estimate of drug-likeness (QED) is 0.375. The van der Waals surface area contributed by atoms with E-state index in [0.717, 1.165) is 0 Å². The van der Waals surface area contributed by atoms with Crippen molar-refractivity contribution in [2.75, 3.05) is 6.61 Å². The summed E-state index contributed by atoms with van der Waals surface area (Å²) in [6.07, 6.45) is 0. The van der Waals surface area contributed by atoms with Crippen molar-refractivity contribution in [3.05, 3.63) is 0 Å². The molecule has 30 valence electrons. The van der Waals surface area contributed by atoms with Crippen LogP contribution in [0.3, 0.4) is 0 Å². The average molecular weight is 102 g/mol. The van der Waals surface area contributed by atoms with Crippen molar-refractivity contribution in [2.45, 2.75) is 6.92 Å². The van der Waals surface area contributed by atoms with Gasteiger partial charge in [-0.1, -0.05) is 0 Å². The zero-order valence-corrected chi connectivity index (χ0v) is 4.28. The minimum Gasteiger partial charge on any atom is -1.00 e. The van der Waals surface area contributed by atoms with E-state index in [2.05, 4.69) is 0 Å². The maximum absolute atomic E-state index is 7.57. The van der Waals surface area contributed by atoms with Crippen molar-refractivity contribution in [1.29, 1.82) is 0 Å². The van der Waals surface area contributed by atoms with Gasteiger partial charge in [-0.15, -0.1) is 0 Å². The Kier molecular flexibility index (Phi) is 60.9. The topological polar surface area (TPSA) is 20.2 Å². The fraction of sp³-hybridized carbons (Fsp3) is 1.00. The first-order valence-corrected chi connectivity index (χ1v) is 1.02. The third-order valence-electron chi connectivity index (χ3n) is 0. The van der Waals surface area contributed by atoms with Crippen molar-refractivity contribution < 1.29 is 7.96 Å². The second-order valence-corrected chi connectivity index (χ2v) is 0.316. The van der Waals surface area contributed by atoms with E-state index in [1.807, 2.05) is 0 Å². The molecule has 0 bridgehead atoms. The SMILES string of the molecule is CCO.[AlH3].[H-].[H-].[Mg+2]. The Hall–Kier alpha value is 1.26. The van der Waals surface area contributed by atoms with Gasteiger partial charge in [0.05, 0.1) is 0 Å². The molecule has 0 rings (SSSR count). The van der Waals surface area contributed by atoms with Gasteiger partial charge in [-0.2, -0.15) is 0 Å². The number of aliphatic hydroxyl groups is 1. The largest absolute Gasteiger partial charge is 2.00 e. The molecular weight excluding hydrogens is 91.3 g/mol. The molecule has 1 N–H and O–H groups in total. The van der Waals surface area contributed by atoms with E-state index in [4.69, 9.17) is 5.11 Å². The van der Waals surface area contributed by atoms with Crippen LogP contribution < -0.4 is 0 Å². The first-order chi connectivity index (χ1) is 1.41. The number of hydrogen-bond donors (Lipinski definition) is 1. The molecule has 0 saturated carbocycles. The van der Waals surface area contributed by atoms with Crippen molar-refractivity contribution >= 4 is 40.4 Å². The van der Waals surface area contributed by atoms with E-state index in [1.165, 1.54) is 0 Å². The van der Waals surface area contributed by atoms with Crippen LogP contribution >= 0.6 is 0 Å². The van der Waals surface area contributed by atoms with Crippen molar-refractivity contribution in [3.63, 3.8) is 0 Å². The molecule has 0 aromatic rings. The van der Waals surface area contributed by atoms with Crippen LogP contribution in [0.1, 0.15) is 9.78 Å². The van der Waals surface area contributed by atoms with Gasteiger partial charge in [0.25, 0.3) is 0 Å². The molecule has 0 spiro atoms. The number of hydrogen-bond acceptors (Lipinski definition) is 1. The molecule has 0 aliphatic carbocycles. The minimum absolute atomic E-state index is 0. The van der Waals surface area contributed by atoms with Crippen LogP contribution in [-0.2, 0) is 0 Å². The van der Waals surface area contributed by atoms with E-state index < -0.39 is 0 Å². The predicted molar refractivity (Wildman–Crippen MR) is 30.7 cm³/mol. The summed E-state index contributed by atoms with van der Waals surface area (Å²) in [5, 5.41) is 7.57. The van der Waals surface area contributed by atoms with Gasteiger partial charge in [0, 0.05) is 6.61 Å². The summed E-state index contributed by atoms with van der Waals surface area (Å²) in [5.41, 5.74) is 0. The Morgan fingerprint density at radius 1 is 1.80 bits per heavy atom. The molecule has 0 aromatic heterocycles. The maximum Gasteiger partial charge on any atom is 2.00 e. The Morgan fingerprint density at radius 2 is 1.80 bits per heavy atom. The first-order valence-electron chi connectivity index (χ1n) is 1.02. The summed E-state index contributed by atoms with van der Waals surface area (Å²) in [4.78, 5) is 0. The Bertz CT molecular complexity index is 15.7. The normalized spacial score (nSPS) is 3.60. The molecule has 0 aliphatic rings. The van der Waals surface area contributed by atoms with E-state index in [9.17, 15) is 0 Å². The fourth-order valence-electron chi connectivity index (χ4n) is 0. The molecule has 5 heavy (non-hydrogen) atoms. The summed E-state index contributed by atoms with van der Waals surface area (Å²) in [6.45, 7) is 1.93. The Balaban J connectivity index is -0.00000000333. The summed E-state index contributed by atoms with van der Waals surface area (Å²) < 4.78 is 0. The fourth-order valence-corrected chi connectivity index (χ4v) is 0. The first kappa shape index (κ1) is 16.3. The van der Waals surface area contributed by atoms with Crippen LogP contribution in [0.25, 0.3) is 0 Å². The zero-order valence-electron chi connectivity index (χ0n) is 4.86. The summed E-state index contributed by atoms with van der Waals surface area (Å²) in [7, 11) is 0. The van der Waals surface area contributed by atoms with Crippen LogP contribution in [0.4, 0.5) is 0 Å². The standard InChI is InChI=1S/C2H6O.Al.Mg.5H/c1-2-3;;;;;;;/h3H,2H2,1H3;;;;;;;/q;;+2;;;;2*-1. The van der Waals surface area contributed by atoms with Gasteiger partial charge >= 0.3 is 23.1 Å². The second-order valence-electron chi connectivity index (χ2n) is 0.316. The number of aliphatic hydroxyl groups excluding tert-OH is 1. The van der Waals surface area contributed by atoms with Gasteiger partial charge in [0.1, 0.15) is 0 Å². The second kappa shape index (κ2) is 18.7. The molecule has 0 fully saturated rings. The average Bonchev–Trinajstić information content (AvgIpc) is 0.918. The molecule has 3 heteroatoms. The minimum atomic E-state index is 0. The van der Waals surface area contributed by atoms with Gasteiger partial charge in [0.15, 0.2) is 17.4 Å². The van der Waals surface area contributed by atoms with E-state index >= 15 is 0 Å². The van der Waals surface area contributed by atoms with Gasteiger partial charge in [-0.25, -0.2) is 0 Å². The van der Waals surface area contributed by atoms with Crippen molar-refractivity contribution in [3.8, 4) is 0 Å². The van der Waals surface area contributed by atoms with E-state index in [1.54, 1.807) is 6.92 Å². The van der Waals surface area contributed by atoms with Crippen LogP contribution in [0, 0.1) is 0 Å². The smallest absolute Gasteiger partial charge is 1.00 e.